The van der Waals surface area contributed by atoms with Crippen molar-refractivity contribution in [1.29, 1.82) is 0 Å². The molecule has 1 aliphatic heterocycles. The highest BCUT2D eigenvalue weighted by Crippen LogP contribution is 2.36. The first-order chi connectivity index (χ1) is 13.2. The molecule has 2 aromatic heterocycles. The van der Waals surface area contributed by atoms with Crippen LogP contribution >= 0.6 is 11.3 Å². The lowest BCUT2D eigenvalue weighted by Gasteiger charge is -2.32. The SMILES string of the molecule is Cc1csc(NC(=O)Cc2c(C)c3cc4c(cc3oc2=O)OC(C)(C)CC4)n1. The fourth-order valence-corrected chi connectivity index (χ4v) is 4.18. The Morgan fingerprint density at radius 2 is 2.11 bits per heavy atom. The molecule has 1 aromatic carbocycles. The number of rotatable bonds is 3. The van der Waals surface area contributed by atoms with Crippen molar-refractivity contribution >= 4 is 33.3 Å². The Morgan fingerprint density at radius 3 is 2.82 bits per heavy atom. The summed E-state index contributed by atoms with van der Waals surface area (Å²) in [7, 11) is 0. The molecule has 0 saturated carbocycles. The summed E-state index contributed by atoms with van der Waals surface area (Å²) in [5.74, 6) is 0.475. The molecular weight excluding hydrogens is 376 g/mol. The van der Waals surface area contributed by atoms with E-state index in [1.54, 1.807) is 6.07 Å². The minimum absolute atomic E-state index is 0.0522. The van der Waals surface area contributed by atoms with E-state index in [0.717, 1.165) is 40.8 Å². The number of nitrogens with one attached hydrogen (secondary N) is 1. The Balaban J connectivity index is 1.68. The first-order valence-corrected chi connectivity index (χ1v) is 10.1. The maximum Gasteiger partial charge on any atom is 0.340 e. The fourth-order valence-electron chi connectivity index (χ4n) is 3.48. The Hall–Kier alpha value is -2.67. The molecule has 3 aromatic rings. The van der Waals surface area contributed by atoms with E-state index in [0.29, 0.717) is 16.3 Å². The van der Waals surface area contributed by atoms with Crippen LogP contribution in [0.25, 0.3) is 11.0 Å². The summed E-state index contributed by atoms with van der Waals surface area (Å²) in [4.78, 5) is 29.1. The van der Waals surface area contributed by atoms with Crippen molar-refractivity contribution in [3.63, 3.8) is 0 Å². The van der Waals surface area contributed by atoms with Crippen molar-refractivity contribution in [3.8, 4) is 5.75 Å². The average molecular weight is 398 g/mol. The smallest absolute Gasteiger partial charge is 0.340 e. The molecule has 1 aliphatic rings. The highest BCUT2D eigenvalue weighted by atomic mass is 32.1. The van der Waals surface area contributed by atoms with E-state index in [1.165, 1.54) is 11.3 Å². The van der Waals surface area contributed by atoms with Gasteiger partial charge in [0.2, 0.25) is 5.91 Å². The van der Waals surface area contributed by atoms with Crippen LogP contribution in [0.4, 0.5) is 5.13 Å². The second kappa shape index (κ2) is 6.74. The Kier molecular flexibility index (Phi) is 4.50. The molecule has 1 amide bonds. The van der Waals surface area contributed by atoms with Gasteiger partial charge in [0.15, 0.2) is 5.13 Å². The van der Waals surface area contributed by atoms with E-state index in [4.69, 9.17) is 9.15 Å². The second-order valence-corrected chi connectivity index (χ2v) is 8.69. The van der Waals surface area contributed by atoms with Crippen LogP contribution in [0.2, 0.25) is 0 Å². The van der Waals surface area contributed by atoms with Crippen LogP contribution in [0.1, 0.15) is 42.7 Å². The number of aromatic nitrogens is 1. The van der Waals surface area contributed by atoms with E-state index < -0.39 is 5.63 Å². The molecule has 0 fully saturated rings. The van der Waals surface area contributed by atoms with Gasteiger partial charge in [-0.05, 0) is 57.7 Å². The number of hydrogen-bond acceptors (Lipinski definition) is 6. The number of benzene rings is 1. The lowest BCUT2D eigenvalue weighted by molar-refractivity contribution is -0.115. The molecule has 6 nitrogen and oxygen atoms in total. The van der Waals surface area contributed by atoms with Gasteiger partial charge in [0.05, 0.1) is 17.7 Å². The van der Waals surface area contributed by atoms with Crippen LogP contribution < -0.4 is 15.7 Å². The summed E-state index contributed by atoms with van der Waals surface area (Å²) in [6.45, 7) is 7.82. The second-order valence-electron chi connectivity index (χ2n) is 7.83. The van der Waals surface area contributed by atoms with E-state index in [-0.39, 0.29) is 17.9 Å². The molecular formula is C21H22N2O4S. The molecule has 146 valence electrons. The molecule has 7 heteroatoms. The van der Waals surface area contributed by atoms with Gasteiger partial charge in [0.25, 0.3) is 0 Å². The highest BCUT2D eigenvalue weighted by Gasteiger charge is 2.27. The highest BCUT2D eigenvalue weighted by molar-refractivity contribution is 7.13. The number of aryl methyl sites for hydroxylation is 3. The van der Waals surface area contributed by atoms with Crippen molar-refractivity contribution in [1.82, 2.24) is 4.98 Å². The summed E-state index contributed by atoms with van der Waals surface area (Å²) in [5, 5.41) is 5.97. The number of ether oxygens (including phenoxy) is 1. The first kappa shape index (κ1) is 18.7. The predicted octanol–water partition coefficient (Wildman–Crippen LogP) is 4.15. The van der Waals surface area contributed by atoms with E-state index >= 15 is 0 Å². The first-order valence-electron chi connectivity index (χ1n) is 9.22. The number of thiazole rings is 1. The van der Waals surface area contributed by atoms with Crippen molar-refractivity contribution in [3.05, 3.63) is 50.3 Å². The number of carbonyl (C=O) groups excluding carboxylic acids is 1. The Labute approximate surface area is 166 Å². The maximum absolute atomic E-state index is 12.5. The molecule has 3 heterocycles. The number of amides is 1. The number of carbonyl (C=O) groups is 1. The molecule has 28 heavy (non-hydrogen) atoms. The Bertz CT molecular complexity index is 1140. The molecule has 0 spiro atoms. The molecule has 0 saturated heterocycles. The molecule has 4 rings (SSSR count). The molecule has 0 radical (unpaired) electrons. The molecule has 0 unspecified atom stereocenters. The topological polar surface area (TPSA) is 81.4 Å². The van der Waals surface area contributed by atoms with Crippen LogP contribution in [0.3, 0.4) is 0 Å². The zero-order chi connectivity index (χ0) is 20.1. The van der Waals surface area contributed by atoms with Crippen LogP contribution in [0, 0.1) is 13.8 Å². The zero-order valence-electron chi connectivity index (χ0n) is 16.3. The van der Waals surface area contributed by atoms with Gasteiger partial charge in [0.1, 0.15) is 16.9 Å². The lowest BCUT2D eigenvalue weighted by Crippen LogP contribution is -2.32. The quantitative estimate of drug-likeness (QED) is 0.670. The third-order valence-corrected chi connectivity index (χ3v) is 5.93. The van der Waals surface area contributed by atoms with Crippen molar-refractivity contribution in [2.45, 2.75) is 52.6 Å². The van der Waals surface area contributed by atoms with Gasteiger partial charge in [-0.2, -0.15) is 0 Å². The third kappa shape index (κ3) is 3.54. The van der Waals surface area contributed by atoms with Crippen LogP contribution in [-0.2, 0) is 17.6 Å². The van der Waals surface area contributed by atoms with Gasteiger partial charge in [0, 0.05) is 16.8 Å². The third-order valence-electron chi connectivity index (χ3n) is 5.05. The maximum atomic E-state index is 12.5. The minimum Gasteiger partial charge on any atom is -0.487 e. The van der Waals surface area contributed by atoms with E-state index in [2.05, 4.69) is 10.3 Å². The number of hydrogen-bond donors (Lipinski definition) is 1. The Morgan fingerprint density at radius 1 is 1.32 bits per heavy atom. The van der Waals surface area contributed by atoms with E-state index in [9.17, 15) is 9.59 Å². The minimum atomic E-state index is -0.495. The summed E-state index contributed by atoms with van der Waals surface area (Å²) >= 11 is 1.36. The average Bonchev–Trinajstić information content (AvgIpc) is 3.01. The van der Waals surface area contributed by atoms with Crippen molar-refractivity contribution in [2.75, 3.05) is 5.32 Å². The standard InChI is InChI=1S/C21H22N2O4S/c1-11-10-28-20(22-11)23-18(24)8-15-12(2)14-7-13-5-6-21(3,4)27-16(13)9-17(14)26-19(15)25/h7,9-10H,5-6,8H2,1-4H3,(H,22,23,24). The van der Waals surface area contributed by atoms with Crippen LogP contribution in [0.5, 0.6) is 5.75 Å². The lowest BCUT2D eigenvalue weighted by atomic mass is 9.92. The zero-order valence-corrected chi connectivity index (χ0v) is 17.2. The van der Waals surface area contributed by atoms with Crippen LogP contribution in [-0.4, -0.2) is 16.5 Å². The largest absolute Gasteiger partial charge is 0.487 e. The van der Waals surface area contributed by atoms with Gasteiger partial charge < -0.3 is 14.5 Å². The normalized spacial score (nSPS) is 15.1. The molecule has 1 N–H and O–H groups in total. The molecule has 0 bridgehead atoms. The van der Waals surface area contributed by atoms with Gasteiger partial charge in [-0.25, -0.2) is 9.78 Å². The summed E-state index contributed by atoms with van der Waals surface area (Å²) in [6.07, 6.45) is 1.77. The number of nitrogens with zero attached hydrogens (tertiary/aromatic N) is 1. The number of fused-ring (bicyclic) bond motifs is 2. The molecule has 0 atom stereocenters. The van der Waals surface area contributed by atoms with Crippen molar-refractivity contribution < 1.29 is 13.9 Å². The van der Waals surface area contributed by atoms with Gasteiger partial charge >= 0.3 is 5.63 Å². The van der Waals surface area contributed by atoms with E-state index in [1.807, 2.05) is 39.1 Å². The monoisotopic (exact) mass is 398 g/mol. The summed E-state index contributed by atoms with van der Waals surface area (Å²) < 4.78 is 11.6. The summed E-state index contributed by atoms with van der Waals surface area (Å²) in [6, 6.07) is 3.81. The number of anilines is 1. The van der Waals surface area contributed by atoms with Crippen LogP contribution in [0.15, 0.2) is 26.7 Å². The fraction of sp³-hybridized carbons (Fsp3) is 0.381. The van der Waals surface area contributed by atoms with Gasteiger partial charge in [-0.1, -0.05) is 0 Å². The summed E-state index contributed by atoms with van der Waals surface area (Å²) in [5.41, 5.74) is 2.83. The van der Waals surface area contributed by atoms with Gasteiger partial charge in [-0.3, -0.25) is 4.79 Å². The van der Waals surface area contributed by atoms with Crippen molar-refractivity contribution in [2.24, 2.45) is 0 Å². The molecule has 0 aliphatic carbocycles. The van der Waals surface area contributed by atoms with Gasteiger partial charge in [-0.15, -0.1) is 11.3 Å². The predicted molar refractivity (Wildman–Crippen MR) is 109 cm³/mol.